The lowest BCUT2D eigenvalue weighted by Crippen LogP contribution is -2.31. The molecule has 0 aliphatic carbocycles. The maximum atomic E-state index is 11.6. The van der Waals surface area contributed by atoms with E-state index in [0.717, 1.165) is 5.56 Å². The molecule has 2 amide bonds. The minimum Gasteiger partial charge on any atom is -0.465 e. The van der Waals surface area contributed by atoms with Crippen LogP contribution >= 0.6 is 11.3 Å². The first-order chi connectivity index (χ1) is 11.6. The third-order valence-corrected chi connectivity index (χ3v) is 3.70. The Kier molecular flexibility index (Phi) is 4.47. The first kappa shape index (κ1) is 15.6. The summed E-state index contributed by atoms with van der Waals surface area (Å²) in [6.45, 7) is -0.334. The SMILES string of the molecule is O=C(O)NCC(=O)Nc1nc(-c2c[nH]c(-c3ccncc3)n2)cs1. The van der Waals surface area contributed by atoms with Crippen molar-refractivity contribution in [3.63, 3.8) is 0 Å². The number of nitrogens with one attached hydrogen (secondary N) is 3. The van der Waals surface area contributed by atoms with Gasteiger partial charge in [0.05, 0.1) is 0 Å². The standard InChI is InChI=1S/C14H12N6O3S/c21-11(6-17-14(22)23)20-13-19-10(7-24-13)9-5-16-12(18-9)8-1-3-15-4-2-8/h1-5,7,17H,6H2,(H,16,18)(H,22,23)(H,19,20,21). The molecule has 0 bridgehead atoms. The number of carbonyl (C=O) groups excluding carboxylic acids is 1. The lowest BCUT2D eigenvalue weighted by molar-refractivity contribution is -0.115. The predicted molar refractivity (Wildman–Crippen MR) is 87.6 cm³/mol. The molecule has 0 aliphatic heterocycles. The maximum Gasteiger partial charge on any atom is 0.405 e. The third kappa shape index (κ3) is 3.73. The number of amides is 2. The van der Waals surface area contributed by atoms with Crippen LogP contribution in [0.3, 0.4) is 0 Å². The number of aromatic amines is 1. The van der Waals surface area contributed by atoms with Gasteiger partial charge in [-0.2, -0.15) is 0 Å². The van der Waals surface area contributed by atoms with Gasteiger partial charge in [0.25, 0.3) is 0 Å². The molecule has 0 saturated heterocycles. The van der Waals surface area contributed by atoms with Gasteiger partial charge in [-0.1, -0.05) is 0 Å². The van der Waals surface area contributed by atoms with Crippen molar-refractivity contribution >= 4 is 28.5 Å². The summed E-state index contributed by atoms with van der Waals surface area (Å²) in [6.07, 6.45) is 3.82. The highest BCUT2D eigenvalue weighted by Crippen LogP contribution is 2.25. The molecule has 9 nitrogen and oxygen atoms in total. The second kappa shape index (κ2) is 6.87. The summed E-state index contributed by atoms with van der Waals surface area (Å²) >= 11 is 1.23. The van der Waals surface area contributed by atoms with Gasteiger partial charge in [-0.3, -0.25) is 9.78 Å². The van der Waals surface area contributed by atoms with E-state index in [0.29, 0.717) is 22.3 Å². The first-order valence-electron chi connectivity index (χ1n) is 6.80. The minimum atomic E-state index is -1.26. The van der Waals surface area contributed by atoms with Crippen LogP contribution < -0.4 is 10.6 Å². The Morgan fingerprint density at radius 2 is 2.00 bits per heavy atom. The monoisotopic (exact) mass is 344 g/mol. The molecule has 3 aromatic rings. The predicted octanol–water partition coefficient (Wildman–Crippen LogP) is 1.80. The van der Waals surface area contributed by atoms with Gasteiger partial charge >= 0.3 is 6.09 Å². The second-order valence-corrected chi connectivity index (χ2v) is 5.47. The Morgan fingerprint density at radius 1 is 1.21 bits per heavy atom. The Hall–Kier alpha value is -3.27. The average molecular weight is 344 g/mol. The van der Waals surface area contributed by atoms with E-state index in [9.17, 15) is 9.59 Å². The number of nitrogens with zero attached hydrogens (tertiary/aromatic N) is 3. The number of H-pyrrole nitrogens is 1. The maximum absolute atomic E-state index is 11.6. The zero-order valence-corrected chi connectivity index (χ0v) is 13.0. The van der Waals surface area contributed by atoms with E-state index in [-0.39, 0.29) is 6.54 Å². The number of hydrogen-bond acceptors (Lipinski definition) is 6. The van der Waals surface area contributed by atoms with Crippen LogP contribution in [0.25, 0.3) is 22.8 Å². The number of imidazole rings is 1. The minimum absolute atomic E-state index is 0.334. The van der Waals surface area contributed by atoms with Gasteiger partial charge in [0.1, 0.15) is 23.8 Å². The number of hydrogen-bond donors (Lipinski definition) is 4. The molecule has 122 valence electrons. The van der Waals surface area contributed by atoms with Crippen LogP contribution in [0, 0.1) is 0 Å². The average Bonchev–Trinajstić information content (AvgIpc) is 3.23. The van der Waals surface area contributed by atoms with Gasteiger partial charge in [0, 0.05) is 29.5 Å². The molecule has 0 fully saturated rings. The number of aromatic nitrogens is 4. The molecule has 0 atom stereocenters. The first-order valence-corrected chi connectivity index (χ1v) is 7.68. The van der Waals surface area contributed by atoms with Crippen LogP contribution in [0.15, 0.2) is 36.1 Å². The Balaban J connectivity index is 1.69. The Labute approximate surface area is 139 Å². The molecule has 3 aromatic heterocycles. The van der Waals surface area contributed by atoms with Gasteiger partial charge < -0.3 is 20.7 Å². The fourth-order valence-electron chi connectivity index (χ4n) is 1.88. The molecule has 3 rings (SSSR count). The van der Waals surface area contributed by atoms with E-state index < -0.39 is 12.0 Å². The Morgan fingerprint density at radius 3 is 2.75 bits per heavy atom. The highest BCUT2D eigenvalue weighted by atomic mass is 32.1. The summed E-state index contributed by atoms with van der Waals surface area (Å²) in [5.41, 5.74) is 2.15. The van der Waals surface area contributed by atoms with Crippen LogP contribution in [-0.2, 0) is 4.79 Å². The zero-order chi connectivity index (χ0) is 16.9. The Bertz CT molecular complexity index is 860. The number of thiazole rings is 1. The van der Waals surface area contributed by atoms with E-state index >= 15 is 0 Å². The highest BCUT2D eigenvalue weighted by molar-refractivity contribution is 7.14. The van der Waals surface area contributed by atoms with Crippen molar-refractivity contribution in [3.05, 3.63) is 36.1 Å². The van der Waals surface area contributed by atoms with Gasteiger partial charge in [-0.15, -0.1) is 11.3 Å². The van der Waals surface area contributed by atoms with Crippen LogP contribution in [0.2, 0.25) is 0 Å². The fourth-order valence-corrected chi connectivity index (χ4v) is 2.60. The molecular weight excluding hydrogens is 332 g/mol. The lowest BCUT2D eigenvalue weighted by Gasteiger charge is -2.00. The van der Waals surface area contributed by atoms with Crippen molar-refractivity contribution in [3.8, 4) is 22.8 Å². The summed E-state index contributed by atoms with van der Waals surface area (Å²) in [5.74, 6) is 0.203. The molecule has 0 spiro atoms. The van der Waals surface area contributed by atoms with E-state index in [1.807, 2.05) is 17.4 Å². The molecule has 10 heteroatoms. The van der Waals surface area contributed by atoms with Gasteiger partial charge in [0.15, 0.2) is 5.13 Å². The quantitative estimate of drug-likeness (QED) is 0.558. The molecule has 3 heterocycles. The van der Waals surface area contributed by atoms with Crippen molar-refractivity contribution in [2.75, 3.05) is 11.9 Å². The summed E-state index contributed by atoms with van der Waals surface area (Å²) < 4.78 is 0. The van der Waals surface area contributed by atoms with Crippen LogP contribution in [-0.4, -0.2) is 43.6 Å². The molecular formula is C14H12N6O3S. The van der Waals surface area contributed by atoms with Crippen molar-refractivity contribution in [2.24, 2.45) is 0 Å². The summed E-state index contributed by atoms with van der Waals surface area (Å²) in [5, 5.41) is 15.1. The van der Waals surface area contributed by atoms with Crippen LogP contribution in [0.1, 0.15) is 0 Å². The van der Waals surface area contributed by atoms with E-state index in [4.69, 9.17) is 5.11 Å². The van der Waals surface area contributed by atoms with E-state index in [2.05, 4.69) is 25.3 Å². The van der Waals surface area contributed by atoms with Crippen molar-refractivity contribution in [1.29, 1.82) is 0 Å². The largest absolute Gasteiger partial charge is 0.465 e. The number of anilines is 1. The number of carboxylic acid groups (broad SMARTS) is 1. The molecule has 0 unspecified atom stereocenters. The number of rotatable bonds is 5. The molecule has 0 aliphatic rings. The molecule has 24 heavy (non-hydrogen) atoms. The summed E-state index contributed by atoms with van der Waals surface area (Å²) in [4.78, 5) is 37.7. The van der Waals surface area contributed by atoms with E-state index in [1.165, 1.54) is 11.3 Å². The summed E-state index contributed by atoms with van der Waals surface area (Å²) in [6, 6.07) is 3.68. The zero-order valence-electron chi connectivity index (χ0n) is 12.2. The van der Waals surface area contributed by atoms with Gasteiger partial charge in [-0.25, -0.2) is 14.8 Å². The topological polar surface area (TPSA) is 133 Å². The fraction of sp³-hybridized carbons (Fsp3) is 0.0714. The van der Waals surface area contributed by atoms with Crippen molar-refractivity contribution in [1.82, 2.24) is 25.3 Å². The molecule has 0 aromatic carbocycles. The van der Waals surface area contributed by atoms with Crippen LogP contribution in [0.4, 0.5) is 9.93 Å². The van der Waals surface area contributed by atoms with Gasteiger partial charge in [0.2, 0.25) is 5.91 Å². The number of pyridine rings is 1. The highest BCUT2D eigenvalue weighted by Gasteiger charge is 2.11. The lowest BCUT2D eigenvalue weighted by atomic mass is 10.2. The van der Waals surface area contributed by atoms with E-state index in [1.54, 1.807) is 24.0 Å². The normalized spacial score (nSPS) is 10.3. The molecule has 0 radical (unpaired) electrons. The van der Waals surface area contributed by atoms with Crippen LogP contribution in [0.5, 0.6) is 0 Å². The van der Waals surface area contributed by atoms with Crippen molar-refractivity contribution < 1.29 is 14.7 Å². The van der Waals surface area contributed by atoms with Crippen molar-refractivity contribution in [2.45, 2.75) is 0 Å². The number of carbonyl (C=O) groups is 2. The summed E-state index contributed by atoms with van der Waals surface area (Å²) in [7, 11) is 0. The third-order valence-electron chi connectivity index (χ3n) is 2.94. The van der Waals surface area contributed by atoms with Gasteiger partial charge in [-0.05, 0) is 12.1 Å². The molecule has 0 saturated carbocycles. The second-order valence-electron chi connectivity index (χ2n) is 4.61. The molecule has 4 N–H and O–H groups in total. The smallest absolute Gasteiger partial charge is 0.405 e.